The topological polar surface area (TPSA) is 49.6 Å². The number of hydrogen-bond acceptors (Lipinski definition) is 5. The van der Waals surface area contributed by atoms with Gasteiger partial charge in [-0.05, 0) is 31.7 Å². The van der Waals surface area contributed by atoms with Gasteiger partial charge in [-0.1, -0.05) is 11.2 Å². The number of carbonyl (C=O) groups is 1. The van der Waals surface area contributed by atoms with Crippen molar-refractivity contribution in [2.45, 2.75) is 45.4 Å². The molecular formula is C18H24FN3O2S. The summed E-state index contributed by atoms with van der Waals surface area (Å²) in [5, 5.41) is 5.93. The maximum Gasteiger partial charge on any atom is 0.226 e. The van der Waals surface area contributed by atoms with Crippen LogP contribution in [0.4, 0.5) is 4.39 Å². The van der Waals surface area contributed by atoms with Crippen molar-refractivity contribution in [3.63, 3.8) is 0 Å². The van der Waals surface area contributed by atoms with Crippen LogP contribution in [-0.4, -0.2) is 53.2 Å². The van der Waals surface area contributed by atoms with Crippen LogP contribution in [0.25, 0.3) is 0 Å². The van der Waals surface area contributed by atoms with E-state index in [0.29, 0.717) is 25.3 Å². The molecule has 1 fully saturated rings. The second-order valence-electron chi connectivity index (χ2n) is 6.75. The van der Waals surface area contributed by atoms with Gasteiger partial charge >= 0.3 is 0 Å². The monoisotopic (exact) mass is 365 g/mol. The lowest BCUT2D eigenvalue weighted by molar-refractivity contribution is -0.129. The molecule has 1 aliphatic rings. The zero-order chi connectivity index (χ0) is 18.0. The van der Waals surface area contributed by atoms with E-state index in [1.165, 1.54) is 4.88 Å². The van der Waals surface area contributed by atoms with Crippen molar-refractivity contribution in [1.29, 1.82) is 0 Å². The van der Waals surface area contributed by atoms with Crippen LogP contribution in [0.5, 0.6) is 0 Å². The summed E-state index contributed by atoms with van der Waals surface area (Å²) >= 11 is 1.68. The molecule has 0 unspecified atom stereocenters. The third-order valence-corrected chi connectivity index (χ3v) is 5.70. The Kier molecular flexibility index (Phi) is 5.54. The minimum atomic E-state index is -0.823. The smallest absolute Gasteiger partial charge is 0.226 e. The molecule has 5 nitrogen and oxygen atoms in total. The summed E-state index contributed by atoms with van der Waals surface area (Å²) in [4.78, 5) is 17.6. The first-order valence-electron chi connectivity index (χ1n) is 8.50. The van der Waals surface area contributed by atoms with E-state index in [9.17, 15) is 9.18 Å². The first kappa shape index (κ1) is 18.1. The summed E-state index contributed by atoms with van der Waals surface area (Å²) in [5.41, 5.74) is 1.60. The van der Waals surface area contributed by atoms with E-state index in [1.54, 1.807) is 23.3 Å². The van der Waals surface area contributed by atoms with Crippen molar-refractivity contribution in [2.75, 3.05) is 20.1 Å². The second kappa shape index (κ2) is 7.66. The number of amides is 1. The fraction of sp³-hybridized carbons (Fsp3) is 0.556. The molecule has 1 aliphatic heterocycles. The lowest BCUT2D eigenvalue weighted by atomic mass is 10.1. The summed E-state index contributed by atoms with van der Waals surface area (Å²) in [7, 11) is 1.79. The Hall–Kier alpha value is -1.73. The van der Waals surface area contributed by atoms with E-state index in [2.05, 4.69) is 16.1 Å². The van der Waals surface area contributed by atoms with E-state index in [0.717, 1.165) is 17.8 Å². The Morgan fingerprint density at radius 3 is 2.96 bits per heavy atom. The minimum Gasteiger partial charge on any atom is -0.361 e. The molecule has 3 rings (SSSR count). The summed E-state index contributed by atoms with van der Waals surface area (Å²) < 4.78 is 19.1. The normalized spacial score (nSPS) is 21.0. The number of alkyl halides is 1. The van der Waals surface area contributed by atoms with Crippen LogP contribution >= 0.6 is 11.3 Å². The highest BCUT2D eigenvalue weighted by Gasteiger charge is 2.33. The van der Waals surface area contributed by atoms with Gasteiger partial charge in [0.15, 0.2) is 0 Å². The zero-order valence-corrected chi connectivity index (χ0v) is 15.7. The van der Waals surface area contributed by atoms with E-state index < -0.39 is 6.17 Å². The summed E-state index contributed by atoms with van der Waals surface area (Å²) in [6.07, 6.45) is -0.0705. The molecule has 136 valence electrons. The van der Waals surface area contributed by atoms with Crippen LogP contribution < -0.4 is 0 Å². The van der Waals surface area contributed by atoms with Crippen molar-refractivity contribution in [1.82, 2.24) is 15.0 Å². The Labute approximate surface area is 151 Å². The van der Waals surface area contributed by atoms with Gasteiger partial charge in [0.05, 0.1) is 12.1 Å². The Morgan fingerprint density at radius 1 is 1.52 bits per heavy atom. The zero-order valence-electron chi connectivity index (χ0n) is 14.9. The predicted octanol–water partition coefficient (Wildman–Crippen LogP) is 2.97. The highest BCUT2D eigenvalue weighted by molar-refractivity contribution is 7.09. The maximum absolute atomic E-state index is 14.0. The largest absolute Gasteiger partial charge is 0.361 e. The van der Waals surface area contributed by atoms with Crippen molar-refractivity contribution in [3.8, 4) is 0 Å². The Morgan fingerprint density at radius 2 is 2.32 bits per heavy atom. The highest BCUT2D eigenvalue weighted by Crippen LogP contribution is 2.25. The van der Waals surface area contributed by atoms with Gasteiger partial charge in [-0.2, -0.15) is 0 Å². The fourth-order valence-electron chi connectivity index (χ4n) is 3.37. The number of aryl methyl sites for hydroxylation is 2. The summed E-state index contributed by atoms with van der Waals surface area (Å²) in [6.45, 7) is 5.37. The number of thiophene rings is 1. The average Bonchev–Trinajstić information content (AvgIpc) is 3.26. The molecule has 0 bridgehead atoms. The molecule has 0 aromatic carbocycles. The van der Waals surface area contributed by atoms with Gasteiger partial charge in [0, 0.05) is 43.2 Å². The van der Waals surface area contributed by atoms with Crippen LogP contribution in [-0.2, 0) is 17.8 Å². The van der Waals surface area contributed by atoms with Gasteiger partial charge in [0.2, 0.25) is 5.91 Å². The number of halogens is 1. The summed E-state index contributed by atoms with van der Waals surface area (Å²) in [5.74, 6) is 0.691. The molecule has 0 spiro atoms. The first-order valence-corrected chi connectivity index (χ1v) is 9.38. The molecule has 0 radical (unpaired) electrons. The first-order chi connectivity index (χ1) is 11.9. The highest BCUT2D eigenvalue weighted by atomic mass is 32.1. The van der Waals surface area contributed by atoms with Gasteiger partial charge < -0.3 is 9.42 Å². The lowest BCUT2D eigenvalue weighted by Gasteiger charge is -2.28. The second-order valence-corrected chi connectivity index (χ2v) is 7.78. The van der Waals surface area contributed by atoms with Crippen LogP contribution in [0, 0.1) is 13.8 Å². The number of hydrogen-bond donors (Lipinski definition) is 0. The van der Waals surface area contributed by atoms with Crippen LogP contribution in [0.3, 0.4) is 0 Å². The molecule has 0 saturated carbocycles. The Bertz CT molecular complexity index is 696. The molecule has 2 aromatic heterocycles. The molecule has 0 N–H and O–H groups in total. The van der Waals surface area contributed by atoms with Crippen LogP contribution in [0.2, 0.25) is 0 Å². The van der Waals surface area contributed by atoms with Crippen molar-refractivity contribution in [3.05, 3.63) is 39.4 Å². The number of rotatable bonds is 6. The van der Waals surface area contributed by atoms with Gasteiger partial charge in [-0.25, -0.2) is 4.39 Å². The minimum absolute atomic E-state index is 0.00721. The maximum atomic E-state index is 14.0. The number of nitrogens with zero attached hydrogens (tertiary/aromatic N) is 3. The third kappa shape index (κ3) is 4.27. The number of carbonyl (C=O) groups excluding carboxylic acids is 1. The molecule has 7 heteroatoms. The van der Waals surface area contributed by atoms with Gasteiger partial charge in [-0.15, -0.1) is 11.3 Å². The average molecular weight is 365 g/mol. The molecule has 0 aliphatic carbocycles. The predicted molar refractivity (Wildman–Crippen MR) is 95.3 cm³/mol. The molecular weight excluding hydrogens is 341 g/mol. The van der Waals surface area contributed by atoms with E-state index in [1.807, 2.05) is 25.3 Å². The van der Waals surface area contributed by atoms with Crippen molar-refractivity contribution >= 4 is 17.2 Å². The molecule has 1 saturated heterocycles. The fourth-order valence-corrected chi connectivity index (χ4v) is 4.10. The third-order valence-electron chi connectivity index (χ3n) is 4.84. The van der Waals surface area contributed by atoms with E-state index in [-0.39, 0.29) is 18.4 Å². The van der Waals surface area contributed by atoms with Gasteiger partial charge in [-0.3, -0.25) is 9.69 Å². The number of likely N-dealkylation sites (tertiary alicyclic amines) is 1. The SMILES string of the molecule is Cc1noc(C)c1CC(=O)N(C)C[C@@H]1C[C@H](F)CN1Cc1cccs1. The van der Waals surface area contributed by atoms with Gasteiger partial charge in [0.25, 0.3) is 0 Å². The van der Waals surface area contributed by atoms with Gasteiger partial charge in [0.1, 0.15) is 11.9 Å². The van der Waals surface area contributed by atoms with E-state index in [4.69, 9.17) is 4.52 Å². The van der Waals surface area contributed by atoms with Crippen molar-refractivity contribution < 1.29 is 13.7 Å². The standard InChI is InChI=1S/C18H24FN3O2S/c1-12-17(13(2)24-20-12)8-18(23)21(3)10-15-7-14(19)9-22(15)11-16-5-4-6-25-16/h4-6,14-15H,7-11H2,1-3H3/t14-,15-/m0/s1. The molecule has 2 aromatic rings. The lowest BCUT2D eigenvalue weighted by Crippen LogP contribution is -2.41. The summed E-state index contributed by atoms with van der Waals surface area (Å²) in [6, 6.07) is 4.13. The molecule has 2 atom stereocenters. The molecule has 1 amide bonds. The van der Waals surface area contributed by atoms with E-state index >= 15 is 0 Å². The number of aromatic nitrogens is 1. The molecule has 3 heterocycles. The quantitative estimate of drug-likeness (QED) is 0.790. The van der Waals surface area contributed by atoms with Crippen LogP contribution in [0.1, 0.15) is 28.3 Å². The Balaban J connectivity index is 1.60. The van der Waals surface area contributed by atoms with Crippen molar-refractivity contribution in [2.24, 2.45) is 0 Å². The van der Waals surface area contributed by atoms with Crippen LogP contribution in [0.15, 0.2) is 22.0 Å². The number of likely N-dealkylation sites (N-methyl/N-ethyl adjacent to an activating group) is 1. The molecule has 25 heavy (non-hydrogen) atoms.